The maximum absolute atomic E-state index is 3.67. The molecule has 0 fully saturated rings. The lowest BCUT2D eigenvalue weighted by Crippen LogP contribution is -1.72. The molecule has 0 atom stereocenters. The molecule has 1 nitrogen and oxygen atoms in total. The van der Waals surface area contributed by atoms with Crippen LogP contribution in [0.3, 0.4) is 0 Å². The van der Waals surface area contributed by atoms with Crippen molar-refractivity contribution in [1.82, 2.24) is 4.98 Å². The molecule has 1 aromatic carbocycles. The van der Waals surface area contributed by atoms with Crippen molar-refractivity contribution < 1.29 is 0 Å². The van der Waals surface area contributed by atoms with Gasteiger partial charge in [0.15, 0.2) is 0 Å². The zero-order chi connectivity index (χ0) is 12.0. The lowest BCUT2D eigenvalue weighted by Gasteiger charge is -1.91. The first-order valence-electron chi connectivity index (χ1n) is 5.69. The van der Waals surface area contributed by atoms with E-state index in [2.05, 4.69) is 42.8 Å². The molecule has 1 aromatic heterocycles. The Morgan fingerprint density at radius 2 is 1.88 bits per heavy atom. The number of nitrogens with one attached hydrogen (secondary N) is 1. The van der Waals surface area contributed by atoms with Gasteiger partial charge in [-0.05, 0) is 13.0 Å². The van der Waals surface area contributed by atoms with Crippen LogP contribution in [0.15, 0.2) is 43.0 Å². The molecule has 0 saturated carbocycles. The maximum atomic E-state index is 3.67. The normalized spacial score (nSPS) is 10.2. The molecule has 0 saturated heterocycles. The SMILES string of the molecule is C=C/C=C\c1c(C)[nH]c2ccccc12.CC. The van der Waals surface area contributed by atoms with Gasteiger partial charge >= 0.3 is 0 Å². The molecule has 2 rings (SSSR count). The van der Waals surface area contributed by atoms with E-state index in [1.54, 1.807) is 6.08 Å². The summed E-state index contributed by atoms with van der Waals surface area (Å²) in [5, 5.41) is 1.27. The molecule has 0 amide bonds. The molecular weight excluding hydrogens is 194 g/mol. The van der Waals surface area contributed by atoms with Gasteiger partial charge in [0.1, 0.15) is 0 Å². The smallest absolute Gasteiger partial charge is 0.0462 e. The Labute approximate surface area is 97.5 Å². The molecule has 1 heterocycles. The first-order valence-corrected chi connectivity index (χ1v) is 5.69. The van der Waals surface area contributed by atoms with Gasteiger partial charge in [-0.2, -0.15) is 0 Å². The van der Waals surface area contributed by atoms with E-state index in [-0.39, 0.29) is 0 Å². The van der Waals surface area contributed by atoms with Crippen molar-refractivity contribution in [2.75, 3.05) is 0 Å². The van der Waals surface area contributed by atoms with Gasteiger partial charge in [-0.1, -0.05) is 56.9 Å². The van der Waals surface area contributed by atoms with Crippen LogP contribution in [0, 0.1) is 6.92 Å². The van der Waals surface area contributed by atoms with Crippen LogP contribution in [0.1, 0.15) is 25.1 Å². The first-order chi connectivity index (χ1) is 7.83. The van der Waals surface area contributed by atoms with Gasteiger partial charge in [-0.3, -0.25) is 0 Å². The van der Waals surface area contributed by atoms with Gasteiger partial charge in [0.25, 0.3) is 0 Å². The number of para-hydroxylation sites is 1. The fraction of sp³-hybridized carbons (Fsp3) is 0.200. The molecule has 2 aromatic rings. The van der Waals surface area contributed by atoms with E-state index in [1.807, 2.05) is 26.0 Å². The minimum Gasteiger partial charge on any atom is -0.358 e. The molecule has 84 valence electrons. The third-order valence-corrected chi connectivity index (χ3v) is 2.34. The van der Waals surface area contributed by atoms with E-state index in [9.17, 15) is 0 Å². The van der Waals surface area contributed by atoms with Crippen LogP contribution in [0.5, 0.6) is 0 Å². The zero-order valence-corrected chi connectivity index (χ0v) is 10.2. The first kappa shape index (κ1) is 12.3. The number of aromatic nitrogens is 1. The third-order valence-electron chi connectivity index (χ3n) is 2.34. The molecule has 0 aliphatic heterocycles. The van der Waals surface area contributed by atoms with E-state index in [0.717, 1.165) is 0 Å². The highest BCUT2D eigenvalue weighted by molar-refractivity contribution is 5.90. The van der Waals surface area contributed by atoms with Crippen LogP contribution in [-0.2, 0) is 0 Å². The van der Waals surface area contributed by atoms with E-state index >= 15 is 0 Å². The Kier molecular flexibility index (Phi) is 4.59. The Balaban J connectivity index is 0.000000606. The van der Waals surface area contributed by atoms with E-state index in [1.165, 1.54) is 22.2 Å². The average molecular weight is 213 g/mol. The summed E-state index contributed by atoms with van der Waals surface area (Å²) in [7, 11) is 0. The zero-order valence-electron chi connectivity index (χ0n) is 10.2. The number of hydrogen-bond donors (Lipinski definition) is 1. The number of hydrogen-bond acceptors (Lipinski definition) is 0. The number of allylic oxidation sites excluding steroid dienone is 2. The third kappa shape index (κ3) is 2.43. The molecular formula is C15H19N. The van der Waals surface area contributed by atoms with Gasteiger partial charge in [0.05, 0.1) is 0 Å². The summed E-state index contributed by atoms with van der Waals surface area (Å²) in [5.74, 6) is 0. The molecule has 0 aliphatic carbocycles. The van der Waals surface area contributed by atoms with E-state index < -0.39 is 0 Å². The van der Waals surface area contributed by atoms with Crippen molar-refractivity contribution in [3.05, 3.63) is 54.3 Å². The second-order valence-corrected chi connectivity index (χ2v) is 3.30. The molecule has 1 N–H and O–H groups in total. The summed E-state index contributed by atoms with van der Waals surface area (Å²) >= 11 is 0. The lowest BCUT2D eigenvalue weighted by atomic mass is 10.1. The predicted octanol–water partition coefficient (Wildman–Crippen LogP) is 4.70. The number of aryl methyl sites for hydroxylation is 1. The number of rotatable bonds is 2. The van der Waals surface area contributed by atoms with Gasteiger partial charge in [-0.15, -0.1) is 0 Å². The standard InChI is InChI=1S/C13H13N.C2H6/c1-3-4-7-11-10(2)14-13-9-6-5-8-12(11)13;1-2/h3-9,14H,1H2,2H3;1-2H3/b7-4-;. The summed E-state index contributed by atoms with van der Waals surface area (Å²) in [6, 6.07) is 8.31. The van der Waals surface area contributed by atoms with Crippen molar-refractivity contribution >= 4 is 17.0 Å². The van der Waals surface area contributed by atoms with Crippen molar-refractivity contribution in [2.24, 2.45) is 0 Å². The Bertz CT molecular complexity index is 489. The summed E-state index contributed by atoms with van der Waals surface area (Å²) in [6.07, 6.45) is 5.84. The Morgan fingerprint density at radius 3 is 2.56 bits per heavy atom. The fourth-order valence-electron chi connectivity index (χ4n) is 1.68. The van der Waals surface area contributed by atoms with Crippen molar-refractivity contribution in [1.29, 1.82) is 0 Å². The summed E-state index contributed by atoms with van der Waals surface area (Å²) < 4.78 is 0. The molecule has 0 unspecified atom stereocenters. The molecule has 0 bridgehead atoms. The second-order valence-electron chi connectivity index (χ2n) is 3.30. The summed E-state index contributed by atoms with van der Waals surface area (Å²) in [4.78, 5) is 3.35. The minimum atomic E-state index is 1.19. The highest BCUT2D eigenvalue weighted by atomic mass is 14.7. The van der Waals surface area contributed by atoms with Gasteiger partial charge in [-0.25, -0.2) is 0 Å². The average Bonchev–Trinajstić information content (AvgIpc) is 2.65. The number of fused-ring (bicyclic) bond motifs is 1. The molecule has 16 heavy (non-hydrogen) atoms. The van der Waals surface area contributed by atoms with E-state index in [4.69, 9.17) is 0 Å². The van der Waals surface area contributed by atoms with Crippen molar-refractivity contribution in [2.45, 2.75) is 20.8 Å². The summed E-state index contributed by atoms with van der Waals surface area (Å²) in [6.45, 7) is 9.76. The minimum absolute atomic E-state index is 1.19. The molecule has 0 radical (unpaired) electrons. The van der Waals surface area contributed by atoms with Crippen LogP contribution in [0.2, 0.25) is 0 Å². The summed E-state index contributed by atoms with van der Waals surface area (Å²) in [5.41, 5.74) is 3.64. The van der Waals surface area contributed by atoms with Crippen LogP contribution in [0.4, 0.5) is 0 Å². The van der Waals surface area contributed by atoms with Crippen LogP contribution in [0.25, 0.3) is 17.0 Å². The second kappa shape index (κ2) is 5.96. The Hall–Kier alpha value is -1.76. The monoisotopic (exact) mass is 213 g/mol. The highest BCUT2D eigenvalue weighted by Crippen LogP contribution is 2.22. The van der Waals surface area contributed by atoms with Gasteiger partial charge in [0.2, 0.25) is 0 Å². The number of aromatic amines is 1. The van der Waals surface area contributed by atoms with Crippen molar-refractivity contribution in [3.8, 4) is 0 Å². The number of H-pyrrole nitrogens is 1. The fourth-order valence-corrected chi connectivity index (χ4v) is 1.68. The van der Waals surface area contributed by atoms with Gasteiger partial charge in [0, 0.05) is 22.2 Å². The molecule has 0 spiro atoms. The molecule has 0 aliphatic rings. The maximum Gasteiger partial charge on any atom is 0.0462 e. The van der Waals surface area contributed by atoms with Crippen molar-refractivity contribution in [3.63, 3.8) is 0 Å². The number of benzene rings is 1. The van der Waals surface area contributed by atoms with Crippen LogP contribution < -0.4 is 0 Å². The quantitative estimate of drug-likeness (QED) is 0.696. The van der Waals surface area contributed by atoms with Crippen LogP contribution >= 0.6 is 0 Å². The van der Waals surface area contributed by atoms with Crippen LogP contribution in [-0.4, -0.2) is 4.98 Å². The largest absolute Gasteiger partial charge is 0.358 e. The predicted molar refractivity (Wildman–Crippen MR) is 73.6 cm³/mol. The van der Waals surface area contributed by atoms with Gasteiger partial charge < -0.3 is 4.98 Å². The Morgan fingerprint density at radius 1 is 1.19 bits per heavy atom. The highest BCUT2D eigenvalue weighted by Gasteiger charge is 2.03. The topological polar surface area (TPSA) is 15.8 Å². The molecule has 1 heteroatoms. The lowest BCUT2D eigenvalue weighted by molar-refractivity contribution is 1.29. The van der Waals surface area contributed by atoms with E-state index in [0.29, 0.717) is 0 Å².